The molecule has 41 heavy (non-hydrogen) atoms. The van der Waals surface area contributed by atoms with E-state index in [0.717, 1.165) is 67.3 Å². The summed E-state index contributed by atoms with van der Waals surface area (Å²) in [6.45, 7) is 5.02. The number of carbonyl (C=O) groups is 3. The molecule has 0 bridgehead atoms. The van der Waals surface area contributed by atoms with E-state index in [4.69, 9.17) is 9.72 Å². The summed E-state index contributed by atoms with van der Waals surface area (Å²) in [5.41, 5.74) is 3.67. The normalized spacial score (nSPS) is 23.3. The van der Waals surface area contributed by atoms with Gasteiger partial charge in [-0.3, -0.25) is 24.6 Å². The Hall–Kier alpha value is -4.05. The molecule has 4 aliphatic heterocycles. The van der Waals surface area contributed by atoms with Gasteiger partial charge in [0.2, 0.25) is 17.8 Å². The van der Waals surface area contributed by atoms with Gasteiger partial charge in [0, 0.05) is 62.8 Å². The van der Waals surface area contributed by atoms with Gasteiger partial charge in [-0.15, -0.1) is 0 Å². The van der Waals surface area contributed by atoms with E-state index in [0.29, 0.717) is 18.5 Å². The molecule has 0 aliphatic carbocycles. The van der Waals surface area contributed by atoms with Crippen LogP contribution in [0.2, 0.25) is 0 Å². The highest BCUT2D eigenvalue weighted by molar-refractivity contribution is 6.05. The highest BCUT2D eigenvalue weighted by Gasteiger charge is 2.39. The number of hydrogen-bond acceptors (Lipinski definition) is 8. The summed E-state index contributed by atoms with van der Waals surface area (Å²) in [5.74, 6) is 0.723. The maximum atomic E-state index is 13.0. The van der Waals surface area contributed by atoms with E-state index < -0.39 is 11.9 Å². The van der Waals surface area contributed by atoms with Crippen LogP contribution < -0.4 is 15.0 Å². The topological polar surface area (TPSA) is 108 Å². The molecule has 5 heterocycles. The van der Waals surface area contributed by atoms with Crippen LogP contribution in [-0.4, -0.2) is 75.8 Å². The number of rotatable bonds is 6. The zero-order chi connectivity index (χ0) is 27.9. The first kappa shape index (κ1) is 25.9. The first-order chi connectivity index (χ1) is 20.0. The van der Waals surface area contributed by atoms with Crippen LogP contribution in [0.4, 0.5) is 5.95 Å². The molecular weight excluding hydrogens is 520 g/mol. The van der Waals surface area contributed by atoms with Gasteiger partial charge in [-0.05, 0) is 73.6 Å². The molecule has 3 amide bonds. The van der Waals surface area contributed by atoms with Crippen LogP contribution in [0.5, 0.6) is 5.75 Å². The number of hydrogen-bond donors (Lipinski definition) is 1. The van der Waals surface area contributed by atoms with Crippen molar-refractivity contribution >= 4 is 34.6 Å². The molecule has 7 rings (SSSR count). The Bertz CT molecular complexity index is 1520. The van der Waals surface area contributed by atoms with E-state index in [9.17, 15) is 14.4 Å². The van der Waals surface area contributed by atoms with Crippen LogP contribution in [-0.2, 0) is 22.7 Å². The lowest BCUT2D eigenvalue weighted by Gasteiger charge is -2.29. The van der Waals surface area contributed by atoms with Gasteiger partial charge in [0.05, 0.1) is 5.52 Å². The first-order valence-corrected chi connectivity index (χ1v) is 14.7. The highest BCUT2D eigenvalue weighted by Crippen LogP contribution is 2.31. The molecule has 3 fully saturated rings. The van der Waals surface area contributed by atoms with Crippen molar-refractivity contribution in [2.24, 2.45) is 0 Å². The second-order valence-electron chi connectivity index (χ2n) is 11.6. The van der Waals surface area contributed by atoms with E-state index >= 15 is 0 Å². The van der Waals surface area contributed by atoms with E-state index in [2.05, 4.69) is 38.3 Å². The molecule has 0 saturated carbocycles. The average molecular weight is 555 g/mol. The standard InChI is InChI=1S/C31H34N6O4/c38-28-9-8-27(29(39)34-28)37-18-22-15-23(5-6-25(22)30(37)40)41-24-10-13-35(19-24)17-20-4-7-26-21(14-20)16-32-31(33-26)36-11-2-1-3-12-36/h4-7,14-16,24,27H,1-3,8-13,17-19H2,(H,34,38,39)/t24-,27?/m0/s1. The highest BCUT2D eigenvalue weighted by atomic mass is 16.5. The molecule has 212 valence electrons. The molecule has 1 aromatic heterocycles. The maximum Gasteiger partial charge on any atom is 0.255 e. The Labute approximate surface area is 238 Å². The van der Waals surface area contributed by atoms with E-state index in [1.165, 1.54) is 24.8 Å². The number of amides is 3. The van der Waals surface area contributed by atoms with Gasteiger partial charge in [-0.2, -0.15) is 0 Å². The number of nitrogens with one attached hydrogen (secondary N) is 1. The molecule has 1 N–H and O–H groups in total. The Morgan fingerprint density at radius 1 is 0.976 bits per heavy atom. The fraction of sp³-hybridized carbons (Fsp3) is 0.452. The quantitative estimate of drug-likeness (QED) is 0.464. The smallest absolute Gasteiger partial charge is 0.255 e. The Balaban J connectivity index is 0.960. The molecule has 3 saturated heterocycles. The second kappa shape index (κ2) is 10.7. The van der Waals surface area contributed by atoms with Crippen LogP contribution in [0, 0.1) is 0 Å². The summed E-state index contributed by atoms with van der Waals surface area (Å²) in [7, 11) is 0. The SMILES string of the molecule is O=C1CCC(N2Cc3cc(O[C@H]4CCN(Cc5ccc6nc(N7CCCCC7)ncc6c5)C4)ccc3C2=O)C(=O)N1. The summed E-state index contributed by atoms with van der Waals surface area (Å²) < 4.78 is 6.34. The molecule has 3 aromatic rings. The summed E-state index contributed by atoms with van der Waals surface area (Å²) in [5, 5.41) is 3.41. The lowest BCUT2D eigenvalue weighted by Crippen LogP contribution is -2.52. The lowest BCUT2D eigenvalue weighted by molar-refractivity contribution is -0.136. The number of imide groups is 1. The van der Waals surface area contributed by atoms with Gasteiger partial charge in [0.1, 0.15) is 17.9 Å². The largest absolute Gasteiger partial charge is 0.489 e. The summed E-state index contributed by atoms with van der Waals surface area (Å²) in [6.07, 6.45) is 7.24. The predicted molar refractivity (Wildman–Crippen MR) is 152 cm³/mol. The molecule has 0 radical (unpaired) electrons. The number of fused-ring (bicyclic) bond motifs is 2. The van der Waals surface area contributed by atoms with E-state index in [1.807, 2.05) is 18.3 Å². The van der Waals surface area contributed by atoms with Crippen molar-refractivity contribution in [1.82, 2.24) is 25.1 Å². The minimum Gasteiger partial charge on any atom is -0.489 e. The van der Waals surface area contributed by atoms with Crippen molar-refractivity contribution < 1.29 is 19.1 Å². The number of benzene rings is 2. The first-order valence-electron chi connectivity index (χ1n) is 14.7. The van der Waals surface area contributed by atoms with Crippen molar-refractivity contribution in [3.8, 4) is 5.75 Å². The zero-order valence-electron chi connectivity index (χ0n) is 23.1. The molecule has 2 atom stereocenters. The van der Waals surface area contributed by atoms with Crippen molar-refractivity contribution in [3.05, 3.63) is 59.3 Å². The van der Waals surface area contributed by atoms with Gasteiger partial charge < -0.3 is 14.5 Å². The van der Waals surface area contributed by atoms with Crippen LogP contribution >= 0.6 is 0 Å². The van der Waals surface area contributed by atoms with Crippen LogP contribution in [0.15, 0.2) is 42.6 Å². The van der Waals surface area contributed by atoms with Crippen molar-refractivity contribution in [2.45, 2.75) is 63.8 Å². The Kier molecular flexibility index (Phi) is 6.78. The van der Waals surface area contributed by atoms with Crippen molar-refractivity contribution in [2.75, 3.05) is 31.1 Å². The molecule has 2 aromatic carbocycles. The Morgan fingerprint density at radius 2 is 1.85 bits per heavy atom. The second-order valence-corrected chi connectivity index (χ2v) is 11.6. The summed E-state index contributed by atoms with van der Waals surface area (Å²) in [4.78, 5) is 52.5. The number of anilines is 1. The minimum atomic E-state index is -0.612. The minimum absolute atomic E-state index is 0.0623. The summed E-state index contributed by atoms with van der Waals surface area (Å²) >= 11 is 0. The number of aromatic nitrogens is 2. The van der Waals surface area contributed by atoms with Crippen molar-refractivity contribution in [3.63, 3.8) is 0 Å². The van der Waals surface area contributed by atoms with Gasteiger partial charge in [-0.1, -0.05) is 6.07 Å². The van der Waals surface area contributed by atoms with Gasteiger partial charge in [0.25, 0.3) is 5.91 Å². The molecule has 10 nitrogen and oxygen atoms in total. The van der Waals surface area contributed by atoms with Crippen LogP contribution in [0.1, 0.15) is 60.0 Å². The number of nitrogens with zero attached hydrogens (tertiary/aromatic N) is 5. The molecule has 10 heteroatoms. The van der Waals surface area contributed by atoms with Gasteiger partial charge in [0.15, 0.2) is 0 Å². The Morgan fingerprint density at radius 3 is 2.71 bits per heavy atom. The number of carbonyl (C=O) groups excluding carboxylic acids is 3. The van der Waals surface area contributed by atoms with Gasteiger partial charge in [-0.25, -0.2) is 9.97 Å². The fourth-order valence-electron chi connectivity index (χ4n) is 6.53. The average Bonchev–Trinajstić information content (AvgIpc) is 3.56. The van der Waals surface area contributed by atoms with E-state index in [1.54, 1.807) is 11.0 Å². The predicted octanol–water partition coefficient (Wildman–Crippen LogP) is 3.03. The third-order valence-electron chi connectivity index (χ3n) is 8.70. The van der Waals surface area contributed by atoms with Crippen molar-refractivity contribution in [1.29, 1.82) is 0 Å². The number of likely N-dealkylation sites (tertiary alicyclic amines) is 1. The third-order valence-corrected chi connectivity index (χ3v) is 8.70. The monoisotopic (exact) mass is 554 g/mol. The third kappa shape index (κ3) is 5.24. The fourth-order valence-corrected chi connectivity index (χ4v) is 6.53. The molecular formula is C31H34N6O4. The lowest BCUT2D eigenvalue weighted by atomic mass is 10.0. The summed E-state index contributed by atoms with van der Waals surface area (Å²) in [6, 6.07) is 11.4. The number of ether oxygens (including phenoxy) is 1. The zero-order valence-corrected chi connectivity index (χ0v) is 23.1. The maximum absolute atomic E-state index is 13.0. The van der Waals surface area contributed by atoms with E-state index in [-0.39, 0.29) is 24.3 Å². The molecule has 1 unspecified atom stereocenters. The number of piperidine rings is 2. The van der Waals surface area contributed by atoms with Crippen LogP contribution in [0.25, 0.3) is 10.9 Å². The van der Waals surface area contributed by atoms with Gasteiger partial charge >= 0.3 is 0 Å². The molecule has 4 aliphatic rings. The molecule has 0 spiro atoms. The van der Waals surface area contributed by atoms with Crippen LogP contribution in [0.3, 0.4) is 0 Å².